The number of carbonyl (C=O) groups excluding carboxylic acids is 1. The maximum absolute atomic E-state index is 11.1. The van der Waals surface area contributed by atoms with Gasteiger partial charge in [-0.3, -0.25) is 0 Å². The lowest BCUT2D eigenvalue weighted by Crippen LogP contribution is -2.02. The number of cyclic esters (lactones) is 1. The summed E-state index contributed by atoms with van der Waals surface area (Å²) in [6, 6.07) is 0. The molecule has 0 atom stereocenters. The Morgan fingerprint density at radius 1 is 0.867 bits per heavy atom. The van der Waals surface area contributed by atoms with Crippen LogP contribution in [0.1, 0.15) is 57.8 Å². The molecule has 15 heavy (non-hydrogen) atoms. The van der Waals surface area contributed by atoms with Gasteiger partial charge in [0.15, 0.2) is 0 Å². The topological polar surface area (TPSA) is 26.3 Å². The normalized spacial score (nSPS) is 23.9. The fourth-order valence-corrected chi connectivity index (χ4v) is 1.83. The second-order valence-electron chi connectivity index (χ2n) is 4.19. The number of esters is 1. The summed E-state index contributed by atoms with van der Waals surface area (Å²) in [6.45, 7) is 0.586. The van der Waals surface area contributed by atoms with E-state index in [1.807, 2.05) is 6.08 Å². The number of allylic oxidation sites excluding steroid dienone is 1. The zero-order valence-electron chi connectivity index (χ0n) is 9.54. The first-order valence-electron chi connectivity index (χ1n) is 6.23. The van der Waals surface area contributed by atoms with Crippen LogP contribution in [0.3, 0.4) is 0 Å². The summed E-state index contributed by atoms with van der Waals surface area (Å²) in [5, 5.41) is 0. The van der Waals surface area contributed by atoms with Gasteiger partial charge in [0, 0.05) is 6.08 Å². The molecule has 0 N–H and O–H groups in total. The summed E-state index contributed by atoms with van der Waals surface area (Å²) in [7, 11) is 0. The average molecular weight is 210 g/mol. The highest BCUT2D eigenvalue weighted by molar-refractivity contribution is 5.81. The van der Waals surface area contributed by atoms with E-state index in [4.69, 9.17) is 4.74 Å². The van der Waals surface area contributed by atoms with E-state index in [0.717, 1.165) is 12.8 Å². The Morgan fingerprint density at radius 2 is 1.47 bits per heavy atom. The molecule has 0 bridgehead atoms. The molecule has 2 heteroatoms. The fourth-order valence-electron chi connectivity index (χ4n) is 1.83. The van der Waals surface area contributed by atoms with Gasteiger partial charge in [-0.05, 0) is 19.3 Å². The summed E-state index contributed by atoms with van der Waals surface area (Å²) >= 11 is 0. The lowest BCUT2D eigenvalue weighted by atomic mass is 10.1. The van der Waals surface area contributed by atoms with E-state index in [-0.39, 0.29) is 5.97 Å². The molecule has 1 rings (SSSR count). The van der Waals surface area contributed by atoms with Crippen molar-refractivity contribution in [2.45, 2.75) is 57.8 Å². The van der Waals surface area contributed by atoms with Crippen molar-refractivity contribution in [1.82, 2.24) is 0 Å². The van der Waals surface area contributed by atoms with Gasteiger partial charge < -0.3 is 4.74 Å². The third-order valence-corrected chi connectivity index (χ3v) is 2.76. The molecule has 0 saturated carbocycles. The maximum Gasteiger partial charge on any atom is 0.330 e. The Labute approximate surface area is 92.7 Å². The minimum Gasteiger partial charge on any atom is -0.463 e. The monoisotopic (exact) mass is 210 g/mol. The molecule has 0 aromatic rings. The van der Waals surface area contributed by atoms with Crippen molar-refractivity contribution in [3.8, 4) is 0 Å². The summed E-state index contributed by atoms with van der Waals surface area (Å²) in [4.78, 5) is 11.1. The molecule has 1 heterocycles. The van der Waals surface area contributed by atoms with E-state index in [2.05, 4.69) is 0 Å². The van der Waals surface area contributed by atoms with Crippen LogP contribution >= 0.6 is 0 Å². The van der Waals surface area contributed by atoms with E-state index in [1.165, 1.54) is 44.9 Å². The minimum absolute atomic E-state index is 0.174. The highest BCUT2D eigenvalue weighted by Crippen LogP contribution is 2.10. The maximum atomic E-state index is 11.1. The van der Waals surface area contributed by atoms with Crippen molar-refractivity contribution < 1.29 is 9.53 Å². The summed E-state index contributed by atoms with van der Waals surface area (Å²) < 4.78 is 5.06. The van der Waals surface area contributed by atoms with Crippen LogP contribution in [0.5, 0.6) is 0 Å². The van der Waals surface area contributed by atoms with Gasteiger partial charge in [0.2, 0.25) is 0 Å². The van der Waals surface area contributed by atoms with Crippen molar-refractivity contribution in [3.05, 3.63) is 12.2 Å². The molecule has 1 aliphatic rings. The van der Waals surface area contributed by atoms with Crippen LogP contribution in [0.25, 0.3) is 0 Å². The molecule has 0 saturated heterocycles. The van der Waals surface area contributed by atoms with Gasteiger partial charge in [-0.1, -0.05) is 44.6 Å². The molecule has 1 aliphatic heterocycles. The second kappa shape index (κ2) is 8.51. The number of hydrogen-bond donors (Lipinski definition) is 0. The molecule has 0 aromatic carbocycles. The molecular weight excluding hydrogens is 188 g/mol. The number of ether oxygens (including phenoxy) is 1. The van der Waals surface area contributed by atoms with Crippen molar-refractivity contribution in [2.75, 3.05) is 6.61 Å². The Hall–Kier alpha value is -0.790. The number of carbonyl (C=O) groups is 1. The number of hydrogen-bond acceptors (Lipinski definition) is 2. The van der Waals surface area contributed by atoms with Gasteiger partial charge in [0.25, 0.3) is 0 Å². The molecule has 0 spiro atoms. The van der Waals surface area contributed by atoms with E-state index < -0.39 is 0 Å². The van der Waals surface area contributed by atoms with E-state index in [9.17, 15) is 4.79 Å². The van der Waals surface area contributed by atoms with E-state index in [0.29, 0.717) is 6.61 Å². The molecular formula is C13H22O2. The predicted octanol–water partition coefficient (Wildman–Crippen LogP) is 3.61. The lowest BCUT2D eigenvalue weighted by molar-refractivity contribution is -0.137. The first-order chi connectivity index (χ1) is 7.39. The molecule has 0 unspecified atom stereocenters. The number of rotatable bonds is 0. The van der Waals surface area contributed by atoms with Crippen molar-refractivity contribution in [1.29, 1.82) is 0 Å². The molecule has 2 nitrogen and oxygen atoms in total. The SMILES string of the molecule is O=C1/C=C\CCCCCCCCCCO1. The Balaban J connectivity index is 2.22. The summed E-state index contributed by atoms with van der Waals surface area (Å²) in [5.74, 6) is -0.174. The summed E-state index contributed by atoms with van der Waals surface area (Å²) in [5.41, 5.74) is 0. The second-order valence-corrected chi connectivity index (χ2v) is 4.19. The molecule has 86 valence electrons. The van der Waals surface area contributed by atoms with Crippen LogP contribution in [-0.4, -0.2) is 12.6 Å². The zero-order chi connectivity index (χ0) is 10.8. The van der Waals surface area contributed by atoms with Gasteiger partial charge >= 0.3 is 5.97 Å². The zero-order valence-corrected chi connectivity index (χ0v) is 9.54. The van der Waals surface area contributed by atoms with Gasteiger partial charge in [-0.25, -0.2) is 4.79 Å². The first-order valence-corrected chi connectivity index (χ1v) is 6.23. The van der Waals surface area contributed by atoms with Gasteiger partial charge in [-0.15, -0.1) is 0 Å². The minimum atomic E-state index is -0.174. The van der Waals surface area contributed by atoms with Crippen LogP contribution in [0.4, 0.5) is 0 Å². The van der Waals surface area contributed by atoms with Crippen LogP contribution in [0, 0.1) is 0 Å². The third kappa shape index (κ3) is 7.18. The summed E-state index contributed by atoms with van der Waals surface area (Å²) in [6.07, 6.45) is 14.5. The Kier molecular flexibility index (Phi) is 6.97. The van der Waals surface area contributed by atoms with Crippen LogP contribution < -0.4 is 0 Å². The van der Waals surface area contributed by atoms with E-state index in [1.54, 1.807) is 6.08 Å². The predicted molar refractivity (Wildman–Crippen MR) is 61.7 cm³/mol. The van der Waals surface area contributed by atoms with E-state index >= 15 is 0 Å². The quantitative estimate of drug-likeness (QED) is 0.571. The van der Waals surface area contributed by atoms with Crippen molar-refractivity contribution in [2.24, 2.45) is 0 Å². The standard InChI is InChI=1S/C13H22O2/c14-13-11-9-7-5-3-1-2-4-6-8-10-12-15-13/h9,11H,1-8,10,12H2/b11-9-. The van der Waals surface area contributed by atoms with Crippen molar-refractivity contribution in [3.63, 3.8) is 0 Å². The van der Waals surface area contributed by atoms with Crippen LogP contribution in [0.15, 0.2) is 12.2 Å². The third-order valence-electron chi connectivity index (χ3n) is 2.76. The van der Waals surface area contributed by atoms with Gasteiger partial charge in [-0.2, -0.15) is 0 Å². The van der Waals surface area contributed by atoms with Gasteiger partial charge in [0.05, 0.1) is 6.61 Å². The van der Waals surface area contributed by atoms with Crippen LogP contribution in [-0.2, 0) is 9.53 Å². The molecule has 0 fully saturated rings. The highest BCUT2D eigenvalue weighted by Gasteiger charge is 1.98. The molecule has 0 amide bonds. The smallest absolute Gasteiger partial charge is 0.330 e. The van der Waals surface area contributed by atoms with Gasteiger partial charge in [0.1, 0.15) is 0 Å². The first kappa shape index (κ1) is 12.3. The fraction of sp³-hybridized carbons (Fsp3) is 0.769. The average Bonchev–Trinajstić information content (AvgIpc) is 2.24. The van der Waals surface area contributed by atoms with Crippen molar-refractivity contribution >= 4 is 5.97 Å². The highest BCUT2D eigenvalue weighted by atomic mass is 16.5. The Bertz CT molecular complexity index is 197. The molecule has 0 aromatic heterocycles. The lowest BCUT2D eigenvalue weighted by Gasteiger charge is -2.04. The largest absolute Gasteiger partial charge is 0.463 e. The van der Waals surface area contributed by atoms with Crippen LogP contribution in [0.2, 0.25) is 0 Å². The molecule has 0 radical (unpaired) electrons. The Morgan fingerprint density at radius 3 is 2.20 bits per heavy atom. The molecule has 0 aliphatic carbocycles.